The van der Waals surface area contributed by atoms with Gasteiger partial charge in [0, 0.05) is 45.2 Å². The Labute approximate surface area is 203 Å². The number of nitrogens with zero attached hydrogens (tertiary/aromatic N) is 1. The first-order valence-corrected chi connectivity index (χ1v) is 11.0. The molecule has 31 heavy (non-hydrogen) atoms. The molecular formula is C25H34IN3O2. The molecule has 2 heterocycles. The van der Waals surface area contributed by atoms with Crippen LogP contribution >= 0.6 is 24.0 Å². The van der Waals surface area contributed by atoms with Crippen LogP contribution in [-0.4, -0.2) is 45.9 Å². The fraction of sp³-hybridized carbons (Fsp3) is 0.480. The molecule has 0 bridgehead atoms. The zero-order valence-electron chi connectivity index (χ0n) is 18.6. The Kier molecular flexibility index (Phi) is 8.60. The van der Waals surface area contributed by atoms with E-state index in [0.29, 0.717) is 0 Å². The number of aliphatic imine (C=N–C) groups is 1. The lowest BCUT2D eigenvalue weighted by molar-refractivity contribution is 0.0512. The summed E-state index contributed by atoms with van der Waals surface area (Å²) in [5.74, 6) is 1.90. The van der Waals surface area contributed by atoms with Crippen LogP contribution < -0.4 is 15.4 Å². The van der Waals surface area contributed by atoms with Crippen LogP contribution in [0.4, 0.5) is 0 Å². The number of guanidine groups is 1. The largest absolute Gasteiger partial charge is 0.493 e. The highest BCUT2D eigenvalue weighted by Gasteiger charge is 2.35. The SMILES string of the molecule is CN=C(NCCc1ccc2c(c1)CCO2)NCC1(c2ccccc2C)CCOCC1.I. The maximum atomic E-state index is 5.68. The maximum absolute atomic E-state index is 5.68. The van der Waals surface area contributed by atoms with Gasteiger partial charge in [0.1, 0.15) is 5.75 Å². The fourth-order valence-corrected chi connectivity index (χ4v) is 4.67. The van der Waals surface area contributed by atoms with Crippen molar-refractivity contribution in [2.75, 3.05) is 40.0 Å². The van der Waals surface area contributed by atoms with E-state index in [0.717, 1.165) is 70.3 Å². The predicted octanol–water partition coefficient (Wildman–Crippen LogP) is 4.00. The first-order chi connectivity index (χ1) is 14.7. The number of hydrogen-bond acceptors (Lipinski definition) is 3. The number of hydrogen-bond donors (Lipinski definition) is 2. The summed E-state index contributed by atoms with van der Waals surface area (Å²) in [5.41, 5.74) is 5.53. The summed E-state index contributed by atoms with van der Waals surface area (Å²) in [5, 5.41) is 7.08. The molecule has 0 amide bonds. The quantitative estimate of drug-likeness (QED) is 0.334. The standard InChI is InChI=1S/C25H33N3O2.HI/c1-19-5-3-4-6-22(19)25(11-15-29-16-12-25)18-28-24(26-2)27-13-9-20-7-8-23-21(17-20)10-14-30-23;/h3-8,17H,9-16,18H2,1-2H3,(H2,26,27,28);1H. The second kappa shape index (κ2) is 11.2. The average Bonchev–Trinajstić information content (AvgIpc) is 3.25. The van der Waals surface area contributed by atoms with Crippen molar-refractivity contribution in [3.05, 3.63) is 64.7 Å². The monoisotopic (exact) mass is 535 g/mol. The Morgan fingerprint density at radius 3 is 2.65 bits per heavy atom. The molecule has 2 aromatic carbocycles. The van der Waals surface area contributed by atoms with Crippen molar-refractivity contribution in [3.63, 3.8) is 0 Å². The third-order valence-electron chi connectivity index (χ3n) is 6.44. The Morgan fingerprint density at radius 1 is 1.06 bits per heavy atom. The molecule has 168 valence electrons. The minimum absolute atomic E-state index is 0. The van der Waals surface area contributed by atoms with Crippen molar-refractivity contribution in [2.45, 2.75) is 38.0 Å². The normalized spacial score (nSPS) is 17.3. The number of halogens is 1. The zero-order chi connectivity index (χ0) is 20.8. The Balaban J connectivity index is 0.00000272. The molecule has 0 unspecified atom stereocenters. The molecule has 1 saturated heterocycles. The van der Waals surface area contributed by atoms with Gasteiger partial charge in [-0.15, -0.1) is 24.0 Å². The average molecular weight is 535 g/mol. The summed E-state index contributed by atoms with van der Waals surface area (Å²) in [7, 11) is 1.84. The number of aryl methyl sites for hydroxylation is 1. The number of ether oxygens (including phenoxy) is 2. The number of nitrogens with one attached hydrogen (secondary N) is 2. The minimum atomic E-state index is 0. The van der Waals surface area contributed by atoms with Gasteiger partial charge in [-0.2, -0.15) is 0 Å². The molecule has 2 aromatic rings. The van der Waals surface area contributed by atoms with Crippen molar-refractivity contribution in [1.82, 2.24) is 10.6 Å². The van der Waals surface area contributed by atoms with E-state index in [1.54, 1.807) is 0 Å². The van der Waals surface area contributed by atoms with Crippen LogP contribution in [0.1, 0.15) is 35.1 Å². The summed E-state index contributed by atoms with van der Waals surface area (Å²) < 4.78 is 11.3. The van der Waals surface area contributed by atoms with E-state index in [2.05, 4.69) is 65.0 Å². The van der Waals surface area contributed by atoms with Gasteiger partial charge in [-0.3, -0.25) is 4.99 Å². The van der Waals surface area contributed by atoms with Crippen LogP contribution in [0.2, 0.25) is 0 Å². The molecule has 6 heteroatoms. The molecule has 0 aliphatic carbocycles. The lowest BCUT2D eigenvalue weighted by Crippen LogP contribution is -2.48. The van der Waals surface area contributed by atoms with Gasteiger partial charge in [-0.05, 0) is 54.5 Å². The van der Waals surface area contributed by atoms with Crippen LogP contribution in [0.25, 0.3) is 0 Å². The molecule has 2 N–H and O–H groups in total. The summed E-state index contributed by atoms with van der Waals surface area (Å²) in [4.78, 5) is 4.45. The van der Waals surface area contributed by atoms with E-state index in [1.165, 1.54) is 22.3 Å². The van der Waals surface area contributed by atoms with Crippen molar-refractivity contribution >= 4 is 29.9 Å². The number of benzene rings is 2. The van der Waals surface area contributed by atoms with Crippen LogP contribution in [0, 0.1) is 6.92 Å². The Morgan fingerprint density at radius 2 is 1.87 bits per heavy atom. The Hall–Kier alpha value is -1.80. The molecule has 0 radical (unpaired) electrons. The first kappa shape index (κ1) is 23.9. The molecule has 2 aliphatic rings. The van der Waals surface area contributed by atoms with Crippen molar-refractivity contribution in [3.8, 4) is 5.75 Å². The second-order valence-corrected chi connectivity index (χ2v) is 8.35. The molecule has 1 fully saturated rings. The minimum Gasteiger partial charge on any atom is -0.493 e. The summed E-state index contributed by atoms with van der Waals surface area (Å²) >= 11 is 0. The molecular weight excluding hydrogens is 501 g/mol. The second-order valence-electron chi connectivity index (χ2n) is 8.35. The highest BCUT2D eigenvalue weighted by molar-refractivity contribution is 14.0. The third kappa shape index (κ3) is 5.71. The third-order valence-corrected chi connectivity index (χ3v) is 6.44. The highest BCUT2D eigenvalue weighted by Crippen LogP contribution is 2.36. The van der Waals surface area contributed by atoms with Gasteiger partial charge < -0.3 is 20.1 Å². The fourth-order valence-electron chi connectivity index (χ4n) is 4.67. The summed E-state index contributed by atoms with van der Waals surface area (Å²) in [6.07, 6.45) is 4.04. The van der Waals surface area contributed by atoms with E-state index in [-0.39, 0.29) is 29.4 Å². The van der Waals surface area contributed by atoms with Crippen molar-refractivity contribution < 1.29 is 9.47 Å². The van der Waals surface area contributed by atoms with Gasteiger partial charge in [0.15, 0.2) is 5.96 Å². The summed E-state index contributed by atoms with van der Waals surface area (Å²) in [6, 6.07) is 15.3. The van der Waals surface area contributed by atoms with Gasteiger partial charge >= 0.3 is 0 Å². The van der Waals surface area contributed by atoms with Gasteiger partial charge in [-0.25, -0.2) is 0 Å². The van der Waals surface area contributed by atoms with Crippen LogP contribution in [0.3, 0.4) is 0 Å². The number of fused-ring (bicyclic) bond motifs is 1. The van der Waals surface area contributed by atoms with E-state index >= 15 is 0 Å². The smallest absolute Gasteiger partial charge is 0.191 e. The van der Waals surface area contributed by atoms with E-state index in [1.807, 2.05) is 7.05 Å². The highest BCUT2D eigenvalue weighted by atomic mass is 127. The molecule has 2 aliphatic heterocycles. The van der Waals surface area contributed by atoms with Gasteiger partial charge in [0.2, 0.25) is 0 Å². The summed E-state index contributed by atoms with van der Waals surface area (Å²) in [6.45, 7) is 6.34. The molecule has 0 saturated carbocycles. The van der Waals surface area contributed by atoms with Crippen molar-refractivity contribution in [2.24, 2.45) is 4.99 Å². The van der Waals surface area contributed by atoms with E-state index in [9.17, 15) is 0 Å². The molecule has 0 atom stereocenters. The molecule has 4 rings (SSSR count). The molecule has 0 spiro atoms. The van der Waals surface area contributed by atoms with Gasteiger partial charge in [0.25, 0.3) is 0 Å². The maximum Gasteiger partial charge on any atom is 0.191 e. The van der Waals surface area contributed by atoms with E-state index in [4.69, 9.17) is 9.47 Å². The predicted molar refractivity (Wildman–Crippen MR) is 137 cm³/mol. The molecule has 5 nitrogen and oxygen atoms in total. The van der Waals surface area contributed by atoms with Crippen LogP contribution in [0.5, 0.6) is 5.75 Å². The van der Waals surface area contributed by atoms with Crippen molar-refractivity contribution in [1.29, 1.82) is 0 Å². The van der Waals surface area contributed by atoms with Crippen LogP contribution in [0.15, 0.2) is 47.5 Å². The Bertz CT molecular complexity index is 894. The lowest BCUT2D eigenvalue weighted by atomic mass is 9.72. The topological polar surface area (TPSA) is 54.9 Å². The van der Waals surface area contributed by atoms with Gasteiger partial charge in [-0.1, -0.05) is 36.4 Å². The molecule has 0 aromatic heterocycles. The first-order valence-electron chi connectivity index (χ1n) is 11.0. The van der Waals surface area contributed by atoms with Crippen LogP contribution in [-0.2, 0) is 23.0 Å². The van der Waals surface area contributed by atoms with E-state index < -0.39 is 0 Å². The number of rotatable bonds is 6. The zero-order valence-corrected chi connectivity index (χ0v) is 20.9. The lowest BCUT2D eigenvalue weighted by Gasteiger charge is -2.39. The van der Waals surface area contributed by atoms with Gasteiger partial charge in [0.05, 0.1) is 6.61 Å².